The van der Waals surface area contributed by atoms with E-state index >= 15 is 0 Å². The molecule has 0 saturated carbocycles. The van der Waals surface area contributed by atoms with Gasteiger partial charge >= 0.3 is 5.97 Å². The van der Waals surface area contributed by atoms with E-state index in [0.717, 1.165) is 17.7 Å². The van der Waals surface area contributed by atoms with E-state index in [2.05, 4.69) is 18.3 Å². The van der Waals surface area contributed by atoms with Crippen LogP contribution in [0.1, 0.15) is 38.8 Å². The zero-order valence-electron chi connectivity index (χ0n) is 11.9. The quantitative estimate of drug-likeness (QED) is 0.814. The van der Waals surface area contributed by atoms with Crippen molar-refractivity contribution in [3.8, 4) is 0 Å². The van der Waals surface area contributed by atoms with E-state index in [0.29, 0.717) is 0 Å². The Balaban J connectivity index is 2.81. The largest absolute Gasteiger partial charge is 0.461 e. The maximum absolute atomic E-state index is 11.8. The molecule has 18 heavy (non-hydrogen) atoms. The first-order valence-corrected chi connectivity index (χ1v) is 6.51. The molecule has 0 saturated heterocycles. The Hall–Kier alpha value is -1.51. The smallest absolute Gasteiger partial charge is 0.328 e. The fourth-order valence-corrected chi connectivity index (χ4v) is 1.84. The second-order valence-electron chi connectivity index (χ2n) is 4.81. The van der Waals surface area contributed by atoms with Gasteiger partial charge in [-0.1, -0.05) is 25.1 Å². The standard InChI is InChI=1S/C15H23NO2/c1-6-13-9-7-8-11(4)14(13)16-12(5)15(17)18-10(2)3/h7-10,12,16H,6H2,1-5H3/t12-/m0/s1. The van der Waals surface area contributed by atoms with Gasteiger partial charge in [-0.2, -0.15) is 0 Å². The molecule has 0 aliphatic carbocycles. The molecule has 0 radical (unpaired) electrons. The first-order chi connectivity index (χ1) is 8.45. The zero-order valence-corrected chi connectivity index (χ0v) is 11.9. The van der Waals surface area contributed by atoms with Gasteiger partial charge in [0.15, 0.2) is 0 Å². The predicted octanol–water partition coefficient (Wildman–Crippen LogP) is 3.31. The van der Waals surface area contributed by atoms with Crippen LogP contribution in [0.25, 0.3) is 0 Å². The van der Waals surface area contributed by atoms with Gasteiger partial charge in [-0.05, 0) is 45.2 Å². The monoisotopic (exact) mass is 249 g/mol. The number of aryl methyl sites for hydroxylation is 2. The average Bonchev–Trinajstić information content (AvgIpc) is 2.30. The Labute approximate surface area is 110 Å². The molecule has 1 N–H and O–H groups in total. The van der Waals surface area contributed by atoms with Crippen molar-refractivity contribution in [3.05, 3.63) is 29.3 Å². The van der Waals surface area contributed by atoms with E-state index in [1.165, 1.54) is 5.56 Å². The van der Waals surface area contributed by atoms with Crippen molar-refractivity contribution in [2.75, 3.05) is 5.32 Å². The van der Waals surface area contributed by atoms with Crippen LogP contribution in [0.2, 0.25) is 0 Å². The van der Waals surface area contributed by atoms with Gasteiger partial charge in [0.2, 0.25) is 0 Å². The van der Waals surface area contributed by atoms with Crippen molar-refractivity contribution in [1.82, 2.24) is 0 Å². The van der Waals surface area contributed by atoms with E-state index in [9.17, 15) is 4.79 Å². The molecule has 3 nitrogen and oxygen atoms in total. The molecule has 0 aliphatic heterocycles. The number of hydrogen-bond donors (Lipinski definition) is 1. The summed E-state index contributed by atoms with van der Waals surface area (Å²) in [6.45, 7) is 9.70. The Kier molecular flexibility index (Phi) is 5.20. The van der Waals surface area contributed by atoms with E-state index < -0.39 is 0 Å². The highest BCUT2D eigenvalue weighted by atomic mass is 16.5. The number of esters is 1. The fourth-order valence-electron chi connectivity index (χ4n) is 1.84. The Morgan fingerprint density at radius 1 is 1.33 bits per heavy atom. The fraction of sp³-hybridized carbons (Fsp3) is 0.533. The summed E-state index contributed by atoms with van der Waals surface area (Å²) < 4.78 is 5.20. The number of ether oxygens (including phenoxy) is 1. The predicted molar refractivity (Wildman–Crippen MR) is 74.9 cm³/mol. The number of nitrogens with one attached hydrogen (secondary N) is 1. The van der Waals surface area contributed by atoms with Crippen LogP contribution in [0.15, 0.2) is 18.2 Å². The van der Waals surface area contributed by atoms with E-state index in [-0.39, 0.29) is 18.1 Å². The third-order valence-corrected chi connectivity index (χ3v) is 2.81. The number of anilines is 1. The lowest BCUT2D eigenvalue weighted by Gasteiger charge is -2.19. The summed E-state index contributed by atoms with van der Waals surface area (Å²) in [4.78, 5) is 11.8. The molecule has 0 fully saturated rings. The topological polar surface area (TPSA) is 38.3 Å². The van der Waals surface area contributed by atoms with Gasteiger partial charge in [-0.3, -0.25) is 0 Å². The minimum atomic E-state index is -0.334. The van der Waals surface area contributed by atoms with Crippen molar-refractivity contribution < 1.29 is 9.53 Å². The third-order valence-electron chi connectivity index (χ3n) is 2.81. The molecular weight excluding hydrogens is 226 g/mol. The summed E-state index contributed by atoms with van der Waals surface area (Å²) in [5, 5.41) is 3.26. The van der Waals surface area contributed by atoms with Gasteiger partial charge < -0.3 is 10.1 Å². The van der Waals surface area contributed by atoms with Crippen LogP contribution in [0.3, 0.4) is 0 Å². The van der Waals surface area contributed by atoms with Gasteiger partial charge in [0.25, 0.3) is 0 Å². The zero-order chi connectivity index (χ0) is 13.7. The molecule has 0 amide bonds. The van der Waals surface area contributed by atoms with Gasteiger partial charge in [0, 0.05) is 5.69 Å². The van der Waals surface area contributed by atoms with Gasteiger partial charge in [-0.15, -0.1) is 0 Å². The summed E-state index contributed by atoms with van der Waals surface area (Å²) in [7, 11) is 0. The van der Waals surface area contributed by atoms with E-state index in [1.807, 2.05) is 39.8 Å². The molecule has 1 aromatic rings. The lowest BCUT2D eigenvalue weighted by atomic mass is 10.1. The van der Waals surface area contributed by atoms with Crippen molar-refractivity contribution in [2.24, 2.45) is 0 Å². The van der Waals surface area contributed by atoms with Crippen LogP contribution in [0.4, 0.5) is 5.69 Å². The van der Waals surface area contributed by atoms with Crippen molar-refractivity contribution in [2.45, 2.75) is 53.2 Å². The maximum Gasteiger partial charge on any atom is 0.328 e. The van der Waals surface area contributed by atoms with Crippen LogP contribution in [-0.2, 0) is 16.0 Å². The van der Waals surface area contributed by atoms with Crippen molar-refractivity contribution in [1.29, 1.82) is 0 Å². The van der Waals surface area contributed by atoms with E-state index in [1.54, 1.807) is 0 Å². The minimum absolute atomic E-state index is 0.0794. The highest BCUT2D eigenvalue weighted by molar-refractivity contribution is 5.79. The lowest BCUT2D eigenvalue weighted by Crippen LogP contribution is -2.30. The normalized spacial score (nSPS) is 12.3. The molecule has 3 heteroatoms. The molecular formula is C15H23NO2. The van der Waals surface area contributed by atoms with Crippen LogP contribution >= 0.6 is 0 Å². The lowest BCUT2D eigenvalue weighted by molar-refractivity contribution is -0.147. The SMILES string of the molecule is CCc1cccc(C)c1N[C@@H](C)C(=O)OC(C)C. The van der Waals surface area contributed by atoms with Crippen LogP contribution in [0.5, 0.6) is 0 Å². The summed E-state index contributed by atoms with van der Waals surface area (Å²) in [6.07, 6.45) is 0.861. The highest BCUT2D eigenvalue weighted by Gasteiger charge is 2.17. The molecule has 0 heterocycles. The second-order valence-corrected chi connectivity index (χ2v) is 4.81. The van der Waals surface area contributed by atoms with Gasteiger partial charge in [-0.25, -0.2) is 4.79 Å². The summed E-state index contributed by atoms with van der Waals surface area (Å²) >= 11 is 0. The number of rotatable bonds is 5. The number of para-hydroxylation sites is 1. The minimum Gasteiger partial charge on any atom is -0.461 e. The van der Waals surface area contributed by atoms with Crippen LogP contribution in [-0.4, -0.2) is 18.1 Å². The van der Waals surface area contributed by atoms with Crippen LogP contribution < -0.4 is 5.32 Å². The molecule has 0 spiro atoms. The first kappa shape index (κ1) is 14.6. The second kappa shape index (κ2) is 6.43. The van der Waals surface area contributed by atoms with Gasteiger partial charge in [0.1, 0.15) is 6.04 Å². The number of carbonyl (C=O) groups is 1. The van der Waals surface area contributed by atoms with Crippen molar-refractivity contribution >= 4 is 11.7 Å². The average molecular weight is 249 g/mol. The molecule has 0 unspecified atom stereocenters. The maximum atomic E-state index is 11.8. The summed E-state index contributed by atoms with van der Waals surface area (Å²) in [5.41, 5.74) is 3.42. The Bertz CT molecular complexity index is 413. The van der Waals surface area contributed by atoms with Crippen LogP contribution in [0, 0.1) is 6.92 Å². The molecule has 0 aromatic heterocycles. The highest BCUT2D eigenvalue weighted by Crippen LogP contribution is 2.22. The molecule has 0 bridgehead atoms. The number of benzene rings is 1. The first-order valence-electron chi connectivity index (χ1n) is 6.51. The summed E-state index contributed by atoms with van der Waals surface area (Å²) in [6, 6.07) is 5.83. The number of hydrogen-bond acceptors (Lipinski definition) is 3. The number of carbonyl (C=O) groups excluding carboxylic acids is 1. The van der Waals surface area contributed by atoms with Crippen molar-refractivity contribution in [3.63, 3.8) is 0 Å². The molecule has 1 aromatic carbocycles. The Morgan fingerprint density at radius 3 is 2.56 bits per heavy atom. The molecule has 1 rings (SSSR count). The summed E-state index contributed by atoms with van der Waals surface area (Å²) in [5.74, 6) is -0.213. The third kappa shape index (κ3) is 3.76. The molecule has 0 aliphatic rings. The molecule has 100 valence electrons. The Morgan fingerprint density at radius 2 is 2.00 bits per heavy atom. The van der Waals surface area contributed by atoms with E-state index in [4.69, 9.17) is 4.74 Å². The van der Waals surface area contributed by atoms with Gasteiger partial charge in [0.05, 0.1) is 6.10 Å². The molecule has 1 atom stereocenters.